The highest BCUT2D eigenvalue weighted by Crippen LogP contribution is 2.31. The molecule has 2 heterocycles. The maximum Gasteiger partial charge on any atom is 0.271 e. The summed E-state index contributed by atoms with van der Waals surface area (Å²) in [4.78, 5) is 29.3. The van der Waals surface area contributed by atoms with Crippen LogP contribution < -0.4 is 10.9 Å². The lowest BCUT2D eigenvalue weighted by Gasteiger charge is -2.08. The molecule has 9 heteroatoms. The van der Waals surface area contributed by atoms with Gasteiger partial charge >= 0.3 is 0 Å². The summed E-state index contributed by atoms with van der Waals surface area (Å²) in [6, 6.07) is 9.98. The molecule has 4 aromatic rings. The molecule has 0 aliphatic carbocycles. The summed E-state index contributed by atoms with van der Waals surface area (Å²) < 4.78 is 28.2. The summed E-state index contributed by atoms with van der Waals surface area (Å²) in [5.74, 6) is -2.28. The highest BCUT2D eigenvalue weighted by atomic mass is 35.5. The predicted octanol–water partition coefficient (Wildman–Crippen LogP) is 4.70. The first-order valence-electron chi connectivity index (χ1n) is 8.40. The first kappa shape index (κ1) is 19.2. The highest BCUT2D eigenvalue weighted by molar-refractivity contribution is 7.17. The second-order valence-corrected chi connectivity index (χ2v) is 7.50. The van der Waals surface area contributed by atoms with Crippen LogP contribution in [0.2, 0.25) is 5.02 Å². The van der Waals surface area contributed by atoms with Gasteiger partial charge in [-0.15, -0.1) is 11.3 Å². The Labute approximate surface area is 172 Å². The molecule has 1 N–H and O–H groups in total. The lowest BCUT2D eigenvalue weighted by atomic mass is 10.1. The minimum Gasteiger partial charge on any atom is -0.322 e. The van der Waals surface area contributed by atoms with E-state index in [0.717, 1.165) is 27.8 Å². The number of thiophene rings is 1. The van der Waals surface area contributed by atoms with Crippen LogP contribution in [0, 0.1) is 11.6 Å². The number of fused-ring (bicyclic) bond motifs is 1. The van der Waals surface area contributed by atoms with Gasteiger partial charge in [0.1, 0.15) is 22.9 Å². The molecular weight excluding hydrogens is 420 g/mol. The molecule has 0 bridgehead atoms. The number of carbonyl (C=O) groups excluding carboxylic acids is 1. The average molecular weight is 432 g/mol. The van der Waals surface area contributed by atoms with E-state index in [0.29, 0.717) is 21.3 Å². The number of carbonyl (C=O) groups is 1. The van der Waals surface area contributed by atoms with Gasteiger partial charge in [-0.1, -0.05) is 23.7 Å². The van der Waals surface area contributed by atoms with Crippen molar-refractivity contribution in [2.75, 3.05) is 5.32 Å². The van der Waals surface area contributed by atoms with E-state index in [-0.39, 0.29) is 17.8 Å². The summed E-state index contributed by atoms with van der Waals surface area (Å²) >= 11 is 7.14. The molecule has 146 valence electrons. The zero-order valence-corrected chi connectivity index (χ0v) is 16.2. The van der Waals surface area contributed by atoms with E-state index in [9.17, 15) is 18.4 Å². The van der Waals surface area contributed by atoms with Crippen molar-refractivity contribution in [1.82, 2.24) is 9.55 Å². The Kier molecular flexibility index (Phi) is 5.12. The number of amides is 1. The molecule has 5 nitrogen and oxygen atoms in total. The van der Waals surface area contributed by atoms with Crippen molar-refractivity contribution in [2.24, 2.45) is 0 Å². The van der Waals surface area contributed by atoms with E-state index in [1.54, 1.807) is 12.1 Å². The van der Waals surface area contributed by atoms with Gasteiger partial charge in [0, 0.05) is 22.0 Å². The Hall–Kier alpha value is -3.10. The zero-order valence-electron chi connectivity index (χ0n) is 14.7. The van der Waals surface area contributed by atoms with Crippen LogP contribution in [0.15, 0.2) is 59.0 Å². The number of nitrogens with zero attached hydrogens (tertiary/aromatic N) is 2. The highest BCUT2D eigenvalue weighted by Gasteiger charge is 2.15. The molecule has 0 aliphatic heterocycles. The minimum absolute atomic E-state index is 0.167. The third kappa shape index (κ3) is 3.90. The Morgan fingerprint density at radius 3 is 2.66 bits per heavy atom. The van der Waals surface area contributed by atoms with Crippen molar-refractivity contribution in [3.63, 3.8) is 0 Å². The lowest BCUT2D eigenvalue weighted by Crippen LogP contribution is -2.27. The summed E-state index contributed by atoms with van der Waals surface area (Å²) in [5, 5.41) is 4.74. The molecule has 0 aliphatic rings. The number of rotatable bonds is 4. The topological polar surface area (TPSA) is 64.0 Å². The quantitative estimate of drug-likeness (QED) is 0.509. The maximum atomic E-state index is 13.7. The molecule has 2 aromatic carbocycles. The number of nitrogens with one attached hydrogen (secondary N) is 1. The molecule has 0 unspecified atom stereocenters. The predicted molar refractivity (Wildman–Crippen MR) is 109 cm³/mol. The standard InChI is InChI=1S/C20H12ClF2N3O2S/c21-12-3-1-11(2-4-12)14-9-29-19-18(14)24-10-26(20(19)28)8-17(27)25-16-6-5-13(22)7-15(16)23/h1-7,9-10H,8H2,(H,25,27). The van der Waals surface area contributed by atoms with Crippen LogP contribution in [-0.4, -0.2) is 15.5 Å². The number of benzene rings is 2. The van der Waals surface area contributed by atoms with Crippen molar-refractivity contribution in [2.45, 2.75) is 6.54 Å². The maximum absolute atomic E-state index is 13.7. The normalized spacial score (nSPS) is 11.0. The number of halogens is 3. The number of hydrogen-bond acceptors (Lipinski definition) is 4. The monoisotopic (exact) mass is 431 g/mol. The van der Waals surface area contributed by atoms with Crippen LogP contribution in [0.1, 0.15) is 0 Å². The van der Waals surface area contributed by atoms with E-state index in [1.807, 2.05) is 17.5 Å². The van der Waals surface area contributed by atoms with E-state index >= 15 is 0 Å². The molecule has 0 fully saturated rings. The van der Waals surface area contributed by atoms with Gasteiger partial charge in [0.25, 0.3) is 5.56 Å². The molecule has 0 radical (unpaired) electrons. The van der Waals surface area contributed by atoms with E-state index in [1.165, 1.54) is 17.7 Å². The molecule has 0 saturated heterocycles. The molecule has 4 rings (SSSR count). The van der Waals surface area contributed by atoms with Gasteiger partial charge in [0.05, 0.1) is 17.5 Å². The molecule has 1 amide bonds. The second-order valence-electron chi connectivity index (χ2n) is 6.18. The van der Waals surface area contributed by atoms with Gasteiger partial charge in [-0.25, -0.2) is 13.8 Å². The summed E-state index contributed by atoms with van der Waals surface area (Å²) in [5.41, 5.74) is 1.65. The Bertz CT molecular complexity index is 1290. The molecule has 0 atom stereocenters. The van der Waals surface area contributed by atoms with E-state index in [4.69, 9.17) is 11.6 Å². The van der Waals surface area contributed by atoms with E-state index < -0.39 is 17.5 Å². The minimum atomic E-state index is -0.898. The van der Waals surface area contributed by atoms with Gasteiger partial charge < -0.3 is 5.32 Å². The molecule has 0 spiro atoms. The fourth-order valence-electron chi connectivity index (χ4n) is 2.82. The van der Waals surface area contributed by atoms with Gasteiger partial charge in [0.2, 0.25) is 5.91 Å². The fraction of sp³-hybridized carbons (Fsp3) is 0.0500. The van der Waals surface area contributed by atoms with Crippen LogP contribution >= 0.6 is 22.9 Å². The van der Waals surface area contributed by atoms with Crippen molar-refractivity contribution in [1.29, 1.82) is 0 Å². The number of anilines is 1. The summed E-state index contributed by atoms with van der Waals surface area (Å²) in [6.45, 7) is -0.354. The van der Waals surface area contributed by atoms with Crippen LogP contribution in [0.5, 0.6) is 0 Å². The van der Waals surface area contributed by atoms with Gasteiger partial charge in [-0.3, -0.25) is 14.2 Å². The first-order chi connectivity index (χ1) is 13.9. The van der Waals surface area contributed by atoms with Crippen molar-refractivity contribution < 1.29 is 13.6 Å². The van der Waals surface area contributed by atoms with Crippen LogP contribution in [0.25, 0.3) is 21.3 Å². The molecular formula is C20H12ClF2N3O2S. The van der Waals surface area contributed by atoms with Gasteiger partial charge in [0.15, 0.2) is 0 Å². The first-order valence-corrected chi connectivity index (χ1v) is 9.65. The largest absolute Gasteiger partial charge is 0.322 e. The van der Waals surface area contributed by atoms with Crippen molar-refractivity contribution in [3.05, 3.63) is 81.2 Å². The second kappa shape index (κ2) is 7.73. The van der Waals surface area contributed by atoms with Crippen molar-refractivity contribution >= 4 is 44.7 Å². The molecule has 2 aromatic heterocycles. The molecule has 0 saturated carbocycles. The zero-order chi connectivity index (χ0) is 20.5. The van der Waals surface area contributed by atoms with Gasteiger partial charge in [-0.2, -0.15) is 0 Å². The van der Waals surface area contributed by atoms with Crippen LogP contribution in [0.3, 0.4) is 0 Å². The lowest BCUT2D eigenvalue weighted by molar-refractivity contribution is -0.116. The average Bonchev–Trinajstić information content (AvgIpc) is 3.12. The third-order valence-corrected chi connectivity index (χ3v) is 5.43. The molecule has 29 heavy (non-hydrogen) atoms. The Morgan fingerprint density at radius 2 is 1.93 bits per heavy atom. The summed E-state index contributed by atoms with van der Waals surface area (Å²) in [6.07, 6.45) is 1.28. The van der Waals surface area contributed by atoms with Crippen LogP contribution in [-0.2, 0) is 11.3 Å². The van der Waals surface area contributed by atoms with Crippen LogP contribution in [0.4, 0.5) is 14.5 Å². The smallest absolute Gasteiger partial charge is 0.271 e. The third-order valence-electron chi connectivity index (χ3n) is 4.22. The Balaban J connectivity index is 1.60. The van der Waals surface area contributed by atoms with E-state index in [2.05, 4.69) is 10.3 Å². The van der Waals surface area contributed by atoms with Gasteiger partial charge in [-0.05, 0) is 29.8 Å². The van der Waals surface area contributed by atoms with Crippen molar-refractivity contribution in [3.8, 4) is 11.1 Å². The fourth-order valence-corrected chi connectivity index (χ4v) is 3.93. The Morgan fingerprint density at radius 1 is 1.17 bits per heavy atom. The number of aromatic nitrogens is 2. The SMILES string of the molecule is O=C(Cn1cnc2c(-c3ccc(Cl)cc3)csc2c1=O)Nc1ccc(F)cc1F. The number of hydrogen-bond donors (Lipinski definition) is 1. The summed E-state index contributed by atoms with van der Waals surface area (Å²) in [7, 11) is 0.